The Labute approximate surface area is 129 Å². The molecule has 0 aliphatic carbocycles. The number of thioether (sulfide) groups is 2. The zero-order chi connectivity index (χ0) is 14.0. The largest absolute Gasteiger partial charge is 0.303 e. The van der Waals surface area contributed by atoms with E-state index >= 15 is 0 Å². The molecule has 2 nitrogen and oxygen atoms in total. The van der Waals surface area contributed by atoms with Gasteiger partial charge in [-0.2, -0.15) is 5.26 Å². The van der Waals surface area contributed by atoms with Crippen LogP contribution in [-0.2, 0) is 0 Å². The van der Waals surface area contributed by atoms with Crippen LogP contribution in [0.3, 0.4) is 0 Å². The summed E-state index contributed by atoms with van der Waals surface area (Å²) in [4.78, 5) is 4.02. The van der Waals surface area contributed by atoms with Crippen molar-refractivity contribution in [1.29, 1.82) is 5.26 Å². The zero-order valence-corrected chi connectivity index (χ0v) is 13.5. The van der Waals surface area contributed by atoms with Gasteiger partial charge in [0.2, 0.25) is 0 Å². The molecule has 20 heavy (non-hydrogen) atoms. The predicted molar refractivity (Wildman–Crippen MR) is 87.4 cm³/mol. The van der Waals surface area contributed by atoms with Gasteiger partial charge in [-0.25, -0.2) is 0 Å². The minimum absolute atomic E-state index is 0.126. The summed E-state index contributed by atoms with van der Waals surface area (Å²) < 4.78 is -0.126. The third-order valence-electron chi connectivity index (χ3n) is 4.54. The Kier molecular flexibility index (Phi) is 4.30. The molecule has 0 aromatic heterocycles. The Balaban J connectivity index is 1.60. The van der Waals surface area contributed by atoms with Crippen molar-refractivity contribution in [2.75, 3.05) is 31.6 Å². The number of piperidine rings is 1. The normalized spacial score (nSPS) is 25.1. The molecule has 0 radical (unpaired) electrons. The summed E-state index contributed by atoms with van der Waals surface area (Å²) in [5.41, 5.74) is 1.53. The molecule has 0 bridgehead atoms. The minimum Gasteiger partial charge on any atom is -0.303 e. The number of nitriles is 1. The van der Waals surface area contributed by atoms with Gasteiger partial charge in [-0.1, -0.05) is 18.2 Å². The maximum absolute atomic E-state index is 9.35. The lowest BCUT2D eigenvalue weighted by Gasteiger charge is -2.37. The van der Waals surface area contributed by atoms with Gasteiger partial charge in [-0.3, -0.25) is 0 Å². The molecule has 0 N–H and O–H groups in total. The van der Waals surface area contributed by atoms with E-state index in [2.05, 4.69) is 41.5 Å². The van der Waals surface area contributed by atoms with E-state index in [1.165, 1.54) is 16.2 Å². The summed E-state index contributed by atoms with van der Waals surface area (Å²) in [7, 11) is 0. The van der Waals surface area contributed by atoms with Gasteiger partial charge in [0, 0.05) is 36.2 Å². The van der Waals surface area contributed by atoms with Gasteiger partial charge in [0.05, 0.1) is 6.07 Å². The highest BCUT2D eigenvalue weighted by Gasteiger charge is 2.35. The van der Waals surface area contributed by atoms with E-state index in [-0.39, 0.29) is 4.75 Å². The van der Waals surface area contributed by atoms with E-state index in [9.17, 15) is 5.26 Å². The molecular weight excluding hydrogens is 284 g/mol. The van der Waals surface area contributed by atoms with Crippen LogP contribution in [0, 0.1) is 11.3 Å². The summed E-state index contributed by atoms with van der Waals surface area (Å²) in [6.45, 7) is 3.29. The van der Waals surface area contributed by atoms with E-state index in [1.54, 1.807) is 11.8 Å². The maximum Gasteiger partial charge on any atom is 0.104 e. The number of fused-ring (bicyclic) bond motifs is 1. The van der Waals surface area contributed by atoms with Gasteiger partial charge in [-0.05, 0) is 30.7 Å². The maximum atomic E-state index is 9.35. The quantitative estimate of drug-likeness (QED) is 0.852. The number of hydrogen-bond acceptors (Lipinski definition) is 4. The van der Waals surface area contributed by atoms with Crippen molar-refractivity contribution in [2.45, 2.75) is 28.4 Å². The average Bonchev–Trinajstić information content (AvgIpc) is 2.92. The molecular formula is C16H20N2S2. The fraction of sp³-hybridized carbons (Fsp3) is 0.562. The molecule has 106 valence electrons. The summed E-state index contributed by atoms with van der Waals surface area (Å²) in [5.74, 6) is 1.88. The number of benzene rings is 1. The highest BCUT2D eigenvalue weighted by Crippen LogP contribution is 2.41. The number of hydrogen-bond donors (Lipinski definition) is 0. The molecule has 1 aromatic carbocycles. The van der Waals surface area contributed by atoms with Gasteiger partial charge >= 0.3 is 0 Å². The van der Waals surface area contributed by atoms with Crippen molar-refractivity contribution in [3.63, 3.8) is 0 Å². The SMILES string of the molecule is CSC1(C#N)CCN(CC2CSc3ccccc32)CC1. The second-order valence-corrected chi connectivity index (χ2v) is 7.91. The van der Waals surface area contributed by atoms with Crippen LogP contribution in [0.15, 0.2) is 29.2 Å². The van der Waals surface area contributed by atoms with Crippen molar-refractivity contribution >= 4 is 23.5 Å². The monoisotopic (exact) mass is 304 g/mol. The molecule has 1 aromatic rings. The van der Waals surface area contributed by atoms with Crippen LogP contribution in [0.1, 0.15) is 24.3 Å². The minimum atomic E-state index is -0.126. The van der Waals surface area contributed by atoms with Crippen molar-refractivity contribution in [3.8, 4) is 6.07 Å². The van der Waals surface area contributed by atoms with Crippen LogP contribution >= 0.6 is 23.5 Å². The molecule has 0 saturated carbocycles. The Bertz CT molecular complexity index is 515. The Morgan fingerprint density at radius 1 is 1.40 bits per heavy atom. The molecule has 0 spiro atoms. The lowest BCUT2D eigenvalue weighted by Crippen LogP contribution is -2.43. The lowest BCUT2D eigenvalue weighted by molar-refractivity contribution is 0.209. The fourth-order valence-electron chi connectivity index (χ4n) is 3.15. The molecule has 2 heterocycles. The van der Waals surface area contributed by atoms with Crippen molar-refractivity contribution in [1.82, 2.24) is 4.90 Å². The Morgan fingerprint density at radius 3 is 2.85 bits per heavy atom. The third-order valence-corrected chi connectivity index (χ3v) is 7.07. The van der Waals surface area contributed by atoms with E-state index < -0.39 is 0 Å². The van der Waals surface area contributed by atoms with Gasteiger partial charge in [0.25, 0.3) is 0 Å². The van der Waals surface area contributed by atoms with Crippen LogP contribution in [0.2, 0.25) is 0 Å². The Morgan fingerprint density at radius 2 is 2.15 bits per heavy atom. The van der Waals surface area contributed by atoms with Crippen molar-refractivity contribution < 1.29 is 0 Å². The molecule has 1 atom stereocenters. The molecule has 1 saturated heterocycles. The molecule has 1 fully saturated rings. The van der Waals surface area contributed by atoms with Crippen LogP contribution in [0.4, 0.5) is 0 Å². The summed E-state index contributed by atoms with van der Waals surface area (Å²) in [6.07, 6.45) is 4.08. The van der Waals surface area contributed by atoms with Crippen LogP contribution in [0.5, 0.6) is 0 Å². The molecule has 0 amide bonds. The highest BCUT2D eigenvalue weighted by molar-refractivity contribution is 8.00. The van der Waals surface area contributed by atoms with E-state index in [0.29, 0.717) is 5.92 Å². The second-order valence-electron chi connectivity index (χ2n) is 5.66. The van der Waals surface area contributed by atoms with E-state index in [0.717, 1.165) is 32.5 Å². The van der Waals surface area contributed by atoms with Crippen LogP contribution in [0.25, 0.3) is 0 Å². The molecule has 1 unspecified atom stereocenters. The van der Waals surface area contributed by atoms with Crippen LogP contribution < -0.4 is 0 Å². The predicted octanol–water partition coefficient (Wildman–Crippen LogP) is 3.60. The van der Waals surface area contributed by atoms with Gasteiger partial charge in [0.15, 0.2) is 0 Å². The molecule has 4 heteroatoms. The number of likely N-dealkylation sites (tertiary alicyclic amines) is 1. The number of rotatable bonds is 3. The van der Waals surface area contributed by atoms with Gasteiger partial charge < -0.3 is 4.90 Å². The first-order chi connectivity index (χ1) is 9.76. The molecule has 2 aliphatic rings. The highest BCUT2D eigenvalue weighted by atomic mass is 32.2. The summed E-state index contributed by atoms with van der Waals surface area (Å²) in [5, 5.41) is 9.35. The lowest BCUT2D eigenvalue weighted by atomic mass is 9.95. The standard InChI is InChI=1S/C16H20N2S2/c1-19-16(12-17)6-8-18(9-7-16)10-13-11-20-15-5-3-2-4-14(13)15/h2-5,13H,6-11H2,1H3. The first kappa shape index (κ1) is 14.3. The average molecular weight is 304 g/mol. The first-order valence-electron chi connectivity index (χ1n) is 7.17. The summed E-state index contributed by atoms with van der Waals surface area (Å²) >= 11 is 3.72. The van der Waals surface area contributed by atoms with Crippen LogP contribution in [-0.4, -0.2) is 41.3 Å². The van der Waals surface area contributed by atoms with Crippen molar-refractivity contribution in [3.05, 3.63) is 29.8 Å². The smallest absolute Gasteiger partial charge is 0.104 e. The first-order valence-corrected chi connectivity index (χ1v) is 9.38. The molecule has 3 rings (SSSR count). The molecule has 2 aliphatic heterocycles. The second kappa shape index (κ2) is 6.01. The third kappa shape index (κ3) is 2.72. The summed E-state index contributed by atoms with van der Waals surface area (Å²) in [6, 6.07) is 11.3. The van der Waals surface area contributed by atoms with E-state index in [1.807, 2.05) is 11.8 Å². The van der Waals surface area contributed by atoms with E-state index in [4.69, 9.17) is 0 Å². The van der Waals surface area contributed by atoms with Crippen molar-refractivity contribution in [2.24, 2.45) is 0 Å². The zero-order valence-electron chi connectivity index (χ0n) is 11.8. The van der Waals surface area contributed by atoms with Gasteiger partial charge in [0.1, 0.15) is 4.75 Å². The topological polar surface area (TPSA) is 27.0 Å². The van der Waals surface area contributed by atoms with Gasteiger partial charge in [-0.15, -0.1) is 23.5 Å². The fourth-order valence-corrected chi connectivity index (χ4v) is 5.07. The Hall–Kier alpha value is -0.630. The number of nitrogens with zero attached hydrogens (tertiary/aromatic N) is 2.